The molecule has 0 radical (unpaired) electrons. The minimum atomic E-state index is -3.79. The monoisotopic (exact) mass is 320 g/mol. The van der Waals surface area contributed by atoms with E-state index in [0.717, 1.165) is 7.11 Å². The van der Waals surface area contributed by atoms with Crippen LogP contribution in [0.25, 0.3) is 0 Å². The fourth-order valence-electron chi connectivity index (χ4n) is 0.533. The van der Waals surface area contributed by atoms with Crippen molar-refractivity contribution in [3.05, 3.63) is 0 Å². The molecule has 0 bridgehead atoms. The molecule has 0 aliphatic heterocycles. The van der Waals surface area contributed by atoms with Crippen molar-refractivity contribution >= 4 is 69.1 Å². The molecule has 84 valence electrons. The van der Waals surface area contributed by atoms with Crippen LogP contribution in [-0.2, 0) is 14.1 Å². The largest absolute Gasteiger partial charge is 0.468 e. The molecule has 0 aliphatic rings. The number of rotatable bonds is 4. The summed E-state index contributed by atoms with van der Waals surface area (Å²) >= 11 is 27.2. The smallest absolute Gasteiger partial charge is 0.323 e. The fourth-order valence-corrected chi connectivity index (χ4v) is 2.24. The van der Waals surface area contributed by atoms with Gasteiger partial charge >= 0.3 is 5.97 Å². The normalized spacial score (nSPS) is 15.0. The highest BCUT2D eigenvalue weighted by molar-refractivity contribution is 8.11. The number of hydrogen-bond acceptors (Lipinski definition) is 3. The third kappa shape index (κ3) is 4.34. The zero-order valence-electron chi connectivity index (χ0n) is 6.85. The summed E-state index contributed by atoms with van der Waals surface area (Å²) in [5, 5.41) is -1.15. The molecule has 0 heterocycles. The maximum atomic E-state index is 11.1. The Morgan fingerprint density at radius 3 is 2.21 bits per heavy atom. The molecule has 3 nitrogen and oxygen atoms in total. The van der Waals surface area contributed by atoms with Gasteiger partial charge in [-0.2, -0.15) is 0 Å². The van der Waals surface area contributed by atoms with Crippen LogP contribution in [0, 0.1) is 0 Å². The number of ether oxygens (including phenoxy) is 1. The molecule has 1 atom stereocenters. The molecule has 0 N–H and O–H groups in total. The Bertz CT molecular complexity index is 262. The molecule has 0 spiro atoms. The Kier molecular flexibility index (Phi) is 5.92. The summed E-state index contributed by atoms with van der Waals surface area (Å²) in [4.78, 5) is 10.9. The third-order valence-corrected chi connectivity index (χ3v) is 7.05. The summed E-state index contributed by atoms with van der Waals surface area (Å²) in [7, 11) is 1.14. The topological polar surface area (TPSA) is 43.4 Å². The molecular formula is C5H6Cl5O3P. The second-order valence-corrected chi connectivity index (χ2v) is 9.92. The van der Waals surface area contributed by atoms with Crippen molar-refractivity contribution in [3.8, 4) is 0 Å². The van der Waals surface area contributed by atoms with Crippen LogP contribution in [0.5, 0.6) is 0 Å². The summed E-state index contributed by atoms with van der Waals surface area (Å²) in [6, 6.07) is 0. The number of hydrogen-bond donors (Lipinski definition) is 0. The van der Waals surface area contributed by atoms with Gasteiger partial charge in [-0.3, -0.25) is 9.36 Å². The van der Waals surface area contributed by atoms with E-state index < -0.39 is 21.3 Å². The lowest BCUT2D eigenvalue weighted by molar-refractivity contribution is -0.140. The average molecular weight is 322 g/mol. The van der Waals surface area contributed by atoms with Crippen molar-refractivity contribution in [2.24, 2.45) is 0 Å². The zero-order chi connectivity index (χ0) is 11.6. The van der Waals surface area contributed by atoms with Gasteiger partial charge in [-0.25, -0.2) is 0 Å². The summed E-state index contributed by atoms with van der Waals surface area (Å²) in [6.07, 6.45) is -0.366. The van der Waals surface area contributed by atoms with Gasteiger partial charge in [0.05, 0.1) is 7.11 Å². The van der Waals surface area contributed by atoms with Crippen molar-refractivity contribution in [3.63, 3.8) is 0 Å². The zero-order valence-corrected chi connectivity index (χ0v) is 11.5. The Morgan fingerprint density at radius 2 is 1.93 bits per heavy atom. The Balaban J connectivity index is 4.52. The molecular weight excluding hydrogens is 316 g/mol. The number of halogens is 5. The van der Waals surface area contributed by atoms with Crippen LogP contribution in [0.1, 0.15) is 6.42 Å². The van der Waals surface area contributed by atoms with Gasteiger partial charge in [-0.05, 0) is 22.5 Å². The van der Waals surface area contributed by atoms with E-state index in [2.05, 4.69) is 4.74 Å². The fraction of sp³-hybridized carbons (Fsp3) is 0.800. The first-order chi connectivity index (χ1) is 6.12. The molecule has 0 aliphatic carbocycles. The van der Waals surface area contributed by atoms with Crippen LogP contribution < -0.4 is 0 Å². The second-order valence-electron chi connectivity index (χ2n) is 2.32. The van der Waals surface area contributed by atoms with Crippen LogP contribution in [0.15, 0.2) is 0 Å². The van der Waals surface area contributed by atoms with Crippen LogP contribution in [0.3, 0.4) is 0 Å². The quantitative estimate of drug-likeness (QED) is 0.447. The summed E-state index contributed by atoms with van der Waals surface area (Å²) in [5.41, 5.74) is 0. The lowest BCUT2D eigenvalue weighted by Crippen LogP contribution is -2.23. The molecule has 1 unspecified atom stereocenters. The highest BCUT2D eigenvalue weighted by atomic mass is 35.9. The summed E-state index contributed by atoms with van der Waals surface area (Å²) in [6.45, 7) is 0. The molecule has 0 saturated heterocycles. The van der Waals surface area contributed by atoms with Crippen LogP contribution in [-0.4, -0.2) is 22.5 Å². The first kappa shape index (κ1) is 15.2. The standard InChI is InChI=1S/C5H6Cl5O3P/c1-13-4(11)3(6)2-5(7,8)14(9,10)12/h3H,2H2,1H3. The third-order valence-electron chi connectivity index (χ3n) is 1.26. The maximum absolute atomic E-state index is 11.1. The average Bonchev–Trinajstić information content (AvgIpc) is 2.00. The maximum Gasteiger partial charge on any atom is 0.323 e. The van der Waals surface area contributed by atoms with Crippen LogP contribution in [0.4, 0.5) is 0 Å². The molecule has 9 heteroatoms. The minimum absolute atomic E-state index is 0.366. The van der Waals surface area contributed by atoms with Crippen LogP contribution >= 0.6 is 63.1 Å². The number of alkyl halides is 3. The highest BCUT2D eigenvalue weighted by Gasteiger charge is 2.45. The molecule has 0 saturated carbocycles. The van der Waals surface area contributed by atoms with Gasteiger partial charge in [0.25, 0.3) is 5.85 Å². The summed E-state index contributed by atoms with van der Waals surface area (Å²) < 4.78 is 13.5. The predicted molar refractivity (Wildman–Crippen MR) is 60.0 cm³/mol. The minimum Gasteiger partial charge on any atom is -0.468 e. The lowest BCUT2D eigenvalue weighted by atomic mass is 10.3. The van der Waals surface area contributed by atoms with Gasteiger partial charge in [-0.1, -0.05) is 23.2 Å². The van der Waals surface area contributed by atoms with E-state index in [1.807, 2.05) is 0 Å². The van der Waals surface area contributed by atoms with E-state index >= 15 is 0 Å². The van der Waals surface area contributed by atoms with E-state index in [0.29, 0.717) is 0 Å². The van der Waals surface area contributed by atoms with Gasteiger partial charge in [0.1, 0.15) is 5.38 Å². The molecule has 0 rings (SSSR count). The van der Waals surface area contributed by atoms with Gasteiger partial charge in [0.15, 0.2) is 4.07 Å². The van der Waals surface area contributed by atoms with Gasteiger partial charge < -0.3 is 4.74 Å². The van der Waals surface area contributed by atoms with E-state index in [1.165, 1.54) is 0 Å². The van der Waals surface area contributed by atoms with Crippen molar-refractivity contribution in [2.45, 2.75) is 15.9 Å². The van der Waals surface area contributed by atoms with Gasteiger partial charge in [0, 0.05) is 6.42 Å². The first-order valence-electron chi connectivity index (χ1n) is 3.21. The van der Waals surface area contributed by atoms with E-state index in [1.54, 1.807) is 0 Å². The molecule has 0 fully saturated rings. The predicted octanol–water partition coefficient (Wildman–Crippen LogP) is 3.96. The lowest BCUT2D eigenvalue weighted by Gasteiger charge is -2.21. The molecule has 0 aromatic rings. The van der Waals surface area contributed by atoms with Crippen molar-refractivity contribution in [2.75, 3.05) is 7.11 Å². The second kappa shape index (κ2) is 5.47. The number of carbonyl (C=O) groups is 1. The highest BCUT2D eigenvalue weighted by Crippen LogP contribution is 2.72. The summed E-state index contributed by atoms with van der Waals surface area (Å²) in [5.74, 6) is -4.54. The van der Waals surface area contributed by atoms with Crippen molar-refractivity contribution in [1.82, 2.24) is 0 Å². The Morgan fingerprint density at radius 1 is 1.50 bits per heavy atom. The van der Waals surface area contributed by atoms with Crippen molar-refractivity contribution in [1.29, 1.82) is 0 Å². The van der Waals surface area contributed by atoms with Gasteiger partial charge in [0.2, 0.25) is 0 Å². The Labute approximate surface area is 106 Å². The van der Waals surface area contributed by atoms with Crippen molar-refractivity contribution < 1.29 is 14.1 Å². The molecule has 0 amide bonds. The number of carbonyl (C=O) groups excluding carboxylic acids is 1. The van der Waals surface area contributed by atoms with Gasteiger partial charge in [-0.15, -0.1) is 11.6 Å². The van der Waals surface area contributed by atoms with Crippen LogP contribution in [0.2, 0.25) is 0 Å². The Hall–Kier alpha value is 1.15. The number of esters is 1. The molecule has 0 aromatic heterocycles. The number of methoxy groups -OCH3 is 1. The van der Waals surface area contributed by atoms with E-state index in [9.17, 15) is 9.36 Å². The molecule has 14 heavy (non-hydrogen) atoms. The van der Waals surface area contributed by atoms with E-state index in [4.69, 9.17) is 57.3 Å². The molecule has 0 aromatic carbocycles. The first-order valence-corrected chi connectivity index (χ1v) is 7.92. The van der Waals surface area contributed by atoms with E-state index in [-0.39, 0.29) is 6.42 Å². The SMILES string of the molecule is COC(=O)C(Cl)CC(Cl)(Cl)P(=O)(Cl)Cl.